The molecule has 39 heavy (non-hydrogen) atoms. The third kappa shape index (κ3) is 9.25. The van der Waals surface area contributed by atoms with Crippen molar-refractivity contribution in [3.05, 3.63) is 88.7 Å². The molecule has 0 aliphatic heterocycles. The number of phenolic OH excluding ortho intramolecular Hbond substituents is 1. The fourth-order valence-corrected chi connectivity index (χ4v) is 4.65. The van der Waals surface area contributed by atoms with Crippen LogP contribution in [0.3, 0.4) is 0 Å². The molecule has 0 atom stereocenters. The summed E-state index contributed by atoms with van der Waals surface area (Å²) in [4.78, 5) is 16.4. The normalized spacial score (nSPS) is 11.7. The van der Waals surface area contributed by atoms with E-state index in [9.17, 15) is 15.0 Å². The predicted molar refractivity (Wildman–Crippen MR) is 159 cm³/mol. The Hall–Kier alpha value is -3.64. The van der Waals surface area contributed by atoms with E-state index in [1.807, 2.05) is 81.5 Å². The zero-order chi connectivity index (χ0) is 28.1. The molecule has 6 heteroatoms. The molecule has 0 radical (unpaired) electrons. The van der Waals surface area contributed by atoms with Gasteiger partial charge in [-0.2, -0.15) is 0 Å². The Kier molecular flexibility index (Phi) is 11.6. The number of phenols is 1. The molecule has 0 aliphatic carbocycles. The van der Waals surface area contributed by atoms with Crippen LogP contribution >= 0.6 is 0 Å². The van der Waals surface area contributed by atoms with Gasteiger partial charge in [-0.15, -0.1) is 0 Å². The van der Waals surface area contributed by atoms with Gasteiger partial charge < -0.3 is 20.3 Å². The van der Waals surface area contributed by atoms with Crippen LogP contribution in [0.2, 0.25) is 0 Å². The summed E-state index contributed by atoms with van der Waals surface area (Å²) in [5, 5.41) is 22.7. The number of unbranched alkanes of at least 4 members (excludes halogenated alkanes) is 1. The zero-order valence-corrected chi connectivity index (χ0v) is 23.5. The van der Waals surface area contributed by atoms with Gasteiger partial charge in [-0.1, -0.05) is 50.3 Å². The average molecular weight is 531 g/mol. The Morgan fingerprint density at radius 2 is 1.82 bits per heavy atom. The maximum absolute atomic E-state index is 11.7. The molecule has 3 aromatic rings. The molecule has 0 amide bonds. The number of hydrogen-bond acceptors (Lipinski definition) is 5. The third-order valence-corrected chi connectivity index (χ3v) is 7.42. The molecule has 0 unspecified atom stereocenters. The third-order valence-electron chi connectivity index (χ3n) is 7.42. The van der Waals surface area contributed by atoms with Crippen molar-refractivity contribution in [3.63, 3.8) is 0 Å². The number of nitrogens with zero attached hydrogens (tertiary/aromatic N) is 1. The Morgan fingerprint density at radius 1 is 1.03 bits per heavy atom. The number of hydrogen-bond donors (Lipinski definition) is 3. The van der Waals surface area contributed by atoms with Gasteiger partial charge in [-0.25, -0.2) is 0 Å². The Bertz CT molecular complexity index is 1230. The molecule has 208 valence electrons. The summed E-state index contributed by atoms with van der Waals surface area (Å²) in [5.41, 5.74) is 5.27. The van der Waals surface area contributed by atoms with Crippen molar-refractivity contribution in [2.75, 3.05) is 18.5 Å². The van der Waals surface area contributed by atoms with Crippen molar-refractivity contribution < 1.29 is 19.7 Å². The van der Waals surface area contributed by atoms with E-state index in [0.717, 1.165) is 47.5 Å². The number of rotatable bonds is 16. The average Bonchev–Trinajstić information content (AvgIpc) is 2.94. The number of benzene rings is 2. The highest BCUT2D eigenvalue weighted by molar-refractivity contribution is 5.74. The summed E-state index contributed by atoms with van der Waals surface area (Å²) in [6.07, 6.45) is 8.84. The number of aromatic hydroxyl groups is 1. The zero-order valence-electron chi connectivity index (χ0n) is 23.5. The minimum absolute atomic E-state index is 0.345. The summed E-state index contributed by atoms with van der Waals surface area (Å²) < 4.78 is 5.85. The van der Waals surface area contributed by atoms with E-state index in [1.165, 1.54) is 5.56 Å². The number of aliphatic carboxylic acids is 1. The highest BCUT2D eigenvalue weighted by Gasteiger charge is 2.34. The number of aromatic nitrogens is 1. The lowest BCUT2D eigenvalue weighted by Crippen LogP contribution is -2.31. The number of carbonyl (C=O) groups is 1. The summed E-state index contributed by atoms with van der Waals surface area (Å²) in [6.45, 7) is 7.58. The van der Waals surface area contributed by atoms with Gasteiger partial charge in [0.1, 0.15) is 5.75 Å². The highest BCUT2D eigenvalue weighted by atomic mass is 16.5. The molecule has 0 bridgehead atoms. The fourth-order valence-electron chi connectivity index (χ4n) is 4.65. The molecule has 0 aliphatic rings. The minimum atomic E-state index is -0.716. The Labute approximate surface area is 232 Å². The summed E-state index contributed by atoms with van der Waals surface area (Å²) in [6, 6.07) is 19.8. The van der Waals surface area contributed by atoms with Gasteiger partial charge in [0.15, 0.2) is 0 Å². The maximum atomic E-state index is 11.7. The second-order valence-corrected chi connectivity index (χ2v) is 10.1. The smallest absolute Gasteiger partial charge is 0.309 e. The van der Waals surface area contributed by atoms with Crippen LogP contribution in [0.4, 0.5) is 5.69 Å². The van der Waals surface area contributed by atoms with Gasteiger partial charge in [0.25, 0.3) is 0 Å². The first-order chi connectivity index (χ1) is 18.8. The lowest BCUT2D eigenvalue weighted by atomic mass is 9.79. The van der Waals surface area contributed by atoms with Gasteiger partial charge in [0.2, 0.25) is 0 Å². The molecule has 2 aromatic carbocycles. The van der Waals surface area contributed by atoms with Crippen LogP contribution in [0.15, 0.2) is 60.7 Å². The van der Waals surface area contributed by atoms with Gasteiger partial charge in [0, 0.05) is 18.8 Å². The van der Waals surface area contributed by atoms with E-state index >= 15 is 0 Å². The molecule has 6 nitrogen and oxygen atoms in total. The number of pyridine rings is 1. The van der Waals surface area contributed by atoms with Crippen LogP contribution in [-0.2, 0) is 22.6 Å². The van der Waals surface area contributed by atoms with Gasteiger partial charge in [-0.05, 0) is 98.5 Å². The minimum Gasteiger partial charge on any atom is -0.508 e. The Balaban J connectivity index is 1.44. The number of anilines is 1. The predicted octanol–water partition coefficient (Wildman–Crippen LogP) is 7.50. The van der Waals surface area contributed by atoms with E-state index < -0.39 is 11.4 Å². The molecule has 0 fully saturated rings. The first kappa shape index (κ1) is 29.9. The molecule has 3 N–H and O–H groups in total. The molecule has 0 spiro atoms. The van der Waals surface area contributed by atoms with Crippen molar-refractivity contribution in [1.29, 1.82) is 0 Å². The largest absolute Gasteiger partial charge is 0.508 e. The molecular formula is C33H42N2O4. The standard InChI is InChI=1S/C33H42N2O4/c1-4-33(5-2,32(37)38)19-20-34-29-13-8-11-27(23-29)15-17-28-12-9-14-30(35-28)24-39-21-7-6-10-26-16-18-31(36)25(3)22-26/h8-9,11-18,22-23,34,36H,4-7,10,19-21,24H2,1-3H3,(H,37,38). The summed E-state index contributed by atoms with van der Waals surface area (Å²) >= 11 is 0. The Morgan fingerprint density at radius 3 is 2.56 bits per heavy atom. The number of nitrogens with one attached hydrogen (secondary N) is 1. The van der Waals surface area contributed by atoms with Crippen molar-refractivity contribution in [1.82, 2.24) is 4.98 Å². The topological polar surface area (TPSA) is 91.7 Å². The van der Waals surface area contributed by atoms with Crippen LogP contribution < -0.4 is 5.32 Å². The van der Waals surface area contributed by atoms with Crippen molar-refractivity contribution in [2.45, 2.75) is 65.9 Å². The van der Waals surface area contributed by atoms with Crippen molar-refractivity contribution in [3.8, 4) is 5.75 Å². The van der Waals surface area contributed by atoms with Gasteiger partial charge >= 0.3 is 5.97 Å². The van der Waals surface area contributed by atoms with Crippen LogP contribution in [0, 0.1) is 12.3 Å². The fraction of sp³-hybridized carbons (Fsp3) is 0.394. The second-order valence-electron chi connectivity index (χ2n) is 10.1. The van der Waals surface area contributed by atoms with E-state index in [4.69, 9.17) is 9.72 Å². The van der Waals surface area contributed by atoms with E-state index in [1.54, 1.807) is 6.07 Å². The summed E-state index contributed by atoms with van der Waals surface area (Å²) in [5.74, 6) is -0.371. The molecule has 1 heterocycles. The number of ether oxygens (including phenoxy) is 1. The van der Waals surface area contributed by atoms with Crippen molar-refractivity contribution in [2.24, 2.45) is 5.41 Å². The first-order valence-corrected chi connectivity index (χ1v) is 13.9. The van der Waals surface area contributed by atoms with Crippen molar-refractivity contribution >= 4 is 23.8 Å². The van der Waals surface area contributed by atoms with E-state index in [0.29, 0.717) is 44.8 Å². The van der Waals surface area contributed by atoms with E-state index in [-0.39, 0.29) is 0 Å². The number of carboxylic acids is 1. The highest BCUT2D eigenvalue weighted by Crippen LogP contribution is 2.31. The van der Waals surface area contributed by atoms with Crippen LogP contribution in [0.25, 0.3) is 12.2 Å². The quantitative estimate of drug-likeness (QED) is 0.166. The number of aryl methyl sites for hydroxylation is 2. The van der Waals surface area contributed by atoms with Crippen LogP contribution in [-0.4, -0.2) is 34.3 Å². The molecule has 1 aromatic heterocycles. The van der Waals surface area contributed by atoms with Gasteiger partial charge in [0.05, 0.1) is 23.4 Å². The molecule has 3 rings (SSSR count). The molecule has 0 saturated heterocycles. The monoisotopic (exact) mass is 530 g/mol. The lowest BCUT2D eigenvalue weighted by molar-refractivity contribution is -0.149. The molecule has 0 saturated carbocycles. The molecular weight excluding hydrogens is 488 g/mol. The lowest BCUT2D eigenvalue weighted by Gasteiger charge is -2.26. The maximum Gasteiger partial charge on any atom is 0.309 e. The first-order valence-electron chi connectivity index (χ1n) is 13.9. The summed E-state index contributed by atoms with van der Waals surface area (Å²) in [7, 11) is 0. The number of carboxylic acid groups (broad SMARTS) is 1. The van der Waals surface area contributed by atoms with Gasteiger partial charge in [-0.3, -0.25) is 9.78 Å². The SMILES string of the molecule is CCC(CC)(CCNc1cccc(C=Cc2cccc(COCCCCc3ccc(O)c(C)c3)n2)c1)C(=O)O. The van der Waals surface area contributed by atoms with E-state index in [2.05, 4.69) is 11.4 Å². The van der Waals surface area contributed by atoms with Crippen LogP contribution in [0.1, 0.15) is 74.0 Å². The van der Waals surface area contributed by atoms with Crippen LogP contribution in [0.5, 0.6) is 5.75 Å². The second kappa shape index (κ2) is 15.1.